The highest BCUT2D eigenvalue weighted by atomic mass is 35.5. The Balaban J connectivity index is 1.35. The van der Waals surface area contributed by atoms with Gasteiger partial charge in [-0.2, -0.15) is 0 Å². The highest BCUT2D eigenvalue weighted by Gasteiger charge is 2.22. The topological polar surface area (TPSA) is 34.2 Å². The minimum absolute atomic E-state index is 0.260. The maximum absolute atomic E-state index is 6.28. The average Bonchev–Trinajstić information content (AvgIpc) is 3.13. The van der Waals surface area contributed by atoms with Crippen molar-refractivity contribution in [3.05, 3.63) is 52.5 Å². The lowest BCUT2D eigenvalue weighted by atomic mass is 10.1. The van der Waals surface area contributed by atoms with Crippen molar-refractivity contribution in [2.45, 2.75) is 13.1 Å². The molecule has 0 atom stereocenters. The molecule has 0 bridgehead atoms. The molecule has 2 aliphatic heterocycles. The summed E-state index contributed by atoms with van der Waals surface area (Å²) in [5.74, 6) is 2.23. The van der Waals surface area contributed by atoms with Gasteiger partial charge in [0.1, 0.15) is 0 Å². The fourth-order valence-corrected chi connectivity index (χ4v) is 3.70. The van der Waals surface area contributed by atoms with Crippen molar-refractivity contribution in [3.8, 4) is 17.2 Å². The summed E-state index contributed by atoms with van der Waals surface area (Å²) in [7, 11) is 1.66. The molecule has 4 rings (SSSR count). The summed E-state index contributed by atoms with van der Waals surface area (Å²) in [6.45, 7) is 6.18. The van der Waals surface area contributed by atoms with E-state index in [0.29, 0.717) is 5.75 Å². The van der Waals surface area contributed by atoms with Gasteiger partial charge >= 0.3 is 0 Å². The highest BCUT2D eigenvalue weighted by Crippen LogP contribution is 2.42. The Morgan fingerprint density at radius 3 is 2.46 bits per heavy atom. The molecule has 2 aromatic rings. The number of piperazine rings is 1. The third kappa shape index (κ3) is 3.75. The van der Waals surface area contributed by atoms with Crippen molar-refractivity contribution >= 4 is 11.6 Å². The molecule has 6 heteroatoms. The monoisotopic (exact) mass is 374 g/mol. The van der Waals surface area contributed by atoms with Crippen LogP contribution < -0.4 is 14.2 Å². The maximum Gasteiger partial charge on any atom is 0.231 e. The zero-order valence-electron chi connectivity index (χ0n) is 14.9. The van der Waals surface area contributed by atoms with E-state index in [-0.39, 0.29) is 6.79 Å². The molecule has 0 aromatic heterocycles. The van der Waals surface area contributed by atoms with Crippen LogP contribution in [0.15, 0.2) is 36.4 Å². The summed E-state index contributed by atoms with van der Waals surface area (Å²) in [6, 6.07) is 12.2. The van der Waals surface area contributed by atoms with Gasteiger partial charge < -0.3 is 14.2 Å². The molecular formula is C20H23ClN2O3. The van der Waals surface area contributed by atoms with Gasteiger partial charge in [-0.1, -0.05) is 29.8 Å². The maximum atomic E-state index is 6.28. The van der Waals surface area contributed by atoms with E-state index >= 15 is 0 Å². The van der Waals surface area contributed by atoms with E-state index in [9.17, 15) is 0 Å². The quantitative estimate of drug-likeness (QED) is 0.801. The summed E-state index contributed by atoms with van der Waals surface area (Å²) < 4.78 is 16.4. The molecule has 26 heavy (non-hydrogen) atoms. The first kappa shape index (κ1) is 17.5. The molecule has 1 fully saturated rings. The Labute approximate surface area is 159 Å². The van der Waals surface area contributed by atoms with Crippen molar-refractivity contribution in [2.75, 3.05) is 40.1 Å². The zero-order chi connectivity index (χ0) is 17.9. The van der Waals surface area contributed by atoms with Gasteiger partial charge in [0.15, 0.2) is 11.5 Å². The van der Waals surface area contributed by atoms with Crippen LogP contribution in [0.1, 0.15) is 11.1 Å². The van der Waals surface area contributed by atoms with Crippen molar-refractivity contribution in [3.63, 3.8) is 0 Å². The third-order valence-electron chi connectivity index (χ3n) is 4.94. The number of ether oxygens (including phenoxy) is 3. The number of nitrogens with zero attached hydrogens (tertiary/aromatic N) is 2. The second-order valence-electron chi connectivity index (χ2n) is 6.68. The first-order valence-electron chi connectivity index (χ1n) is 8.87. The first-order valence-corrected chi connectivity index (χ1v) is 9.25. The Morgan fingerprint density at radius 2 is 1.73 bits per heavy atom. The number of methoxy groups -OCH3 is 1. The fourth-order valence-electron chi connectivity index (χ4n) is 3.51. The fraction of sp³-hybridized carbons (Fsp3) is 0.400. The molecule has 0 unspecified atom stereocenters. The summed E-state index contributed by atoms with van der Waals surface area (Å²) in [5, 5.41) is 0.849. The van der Waals surface area contributed by atoms with Gasteiger partial charge in [0.25, 0.3) is 0 Å². The molecule has 0 N–H and O–H groups in total. The van der Waals surface area contributed by atoms with Crippen molar-refractivity contribution in [1.29, 1.82) is 0 Å². The normalized spacial score (nSPS) is 17.5. The van der Waals surface area contributed by atoms with Gasteiger partial charge in [0.2, 0.25) is 12.5 Å². The first-order chi connectivity index (χ1) is 12.7. The van der Waals surface area contributed by atoms with Crippen LogP contribution in [0.4, 0.5) is 0 Å². The number of benzene rings is 2. The molecule has 5 nitrogen and oxygen atoms in total. The molecule has 0 aliphatic carbocycles. The van der Waals surface area contributed by atoms with Gasteiger partial charge in [0, 0.05) is 44.3 Å². The zero-order valence-corrected chi connectivity index (χ0v) is 15.7. The molecule has 0 spiro atoms. The lowest BCUT2D eigenvalue weighted by Crippen LogP contribution is -2.45. The third-order valence-corrected chi connectivity index (χ3v) is 5.31. The van der Waals surface area contributed by atoms with Gasteiger partial charge in [-0.05, 0) is 29.3 Å². The van der Waals surface area contributed by atoms with Gasteiger partial charge in [0.05, 0.1) is 7.11 Å². The lowest BCUT2D eigenvalue weighted by Gasteiger charge is -2.35. The number of fused-ring (bicyclic) bond motifs is 1. The Morgan fingerprint density at radius 1 is 1.00 bits per heavy atom. The largest absolute Gasteiger partial charge is 0.493 e. The van der Waals surface area contributed by atoms with Crippen LogP contribution in [0.5, 0.6) is 17.2 Å². The van der Waals surface area contributed by atoms with Gasteiger partial charge in [-0.15, -0.1) is 0 Å². The molecule has 0 amide bonds. The number of rotatable bonds is 5. The van der Waals surface area contributed by atoms with Crippen molar-refractivity contribution < 1.29 is 14.2 Å². The minimum atomic E-state index is 0.260. The molecule has 1 saturated heterocycles. The van der Waals surface area contributed by atoms with E-state index in [1.807, 2.05) is 24.3 Å². The Bertz CT molecular complexity index is 776. The molecule has 0 saturated carbocycles. The van der Waals surface area contributed by atoms with Crippen LogP contribution in [0, 0.1) is 0 Å². The predicted molar refractivity (Wildman–Crippen MR) is 101 cm³/mol. The molecule has 138 valence electrons. The van der Waals surface area contributed by atoms with Crippen LogP contribution in [-0.2, 0) is 13.1 Å². The number of halogens is 1. The number of hydrogen-bond acceptors (Lipinski definition) is 5. The summed E-state index contributed by atoms with van der Waals surface area (Å²) >= 11 is 6.28. The summed E-state index contributed by atoms with van der Waals surface area (Å²) in [6.07, 6.45) is 0. The van der Waals surface area contributed by atoms with Crippen LogP contribution in [-0.4, -0.2) is 49.9 Å². The molecule has 2 heterocycles. The van der Waals surface area contributed by atoms with E-state index in [0.717, 1.165) is 55.8 Å². The second-order valence-corrected chi connectivity index (χ2v) is 7.08. The van der Waals surface area contributed by atoms with Crippen LogP contribution in [0.25, 0.3) is 0 Å². The highest BCUT2D eigenvalue weighted by molar-refractivity contribution is 6.31. The van der Waals surface area contributed by atoms with E-state index in [4.69, 9.17) is 25.8 Å². The van der Waals surface area contributed by atoms with E-state index < -0.39 is 0 Å². The smallest absolute Gasteiger partial charge is 0.231 e. The Kier molecular flexibility index (Phi) is 5.20. The van der Waals surface area contributed by atoms with Gasteiger partial charge in [-0.3, -0.25) is 9.80 Å². The minimum Gasteiger partial charge on any atom is -0.493 e. The second kappa shape index (κ2) is 7.74. The van der Waals surface area contributed by atoms with Crippen molar-refractivity contribution in [2.24, 2.45) is 0 Å². The van der Waals surface area contributed by atoms with Crippen LogP contribution in [0.3, 0.4) is 0 Å². The molecular weight excluding hydrogens is 352 g/mol. The SMILES string of the molecule is COc1cc(CN2CCN(Cc3ccccc3Cl)CC2)cc2c1OCO2. The van der Waals surface area contributed by atoms with Crippen LogP contribution >= 0.6 is 11.6 Å². The average molecular weight is 375 g/mol. The molecule has 2 aromatic carbocycles. The standard InChI is InChI=1S/C20H23ClN2O3/c1-24-18-10-15(11-19-20(18)26-14-25-19)12-22-6-8-23(9-7-22)13-16-4-2-3-5-17(16)21/h2-5,10-11H,6-9,12-14H2,1H3. The summed E-state index contributed by atoms with van der Waals surface area (Å²) in [5.41, 5.74) is 2.38. The Hall–Kier alpha value is -1.95. The summed E-state index contributed by atoms with van der Waals surface area (Å²) in [4.78, 5) is 4.91. The lowest BCUT2D eigenvalue weighted by molar-refractivity contribution is 0.122. The van der Waals surface area contributed by atoms with Crippen molar-refractivity contribution in [1.82, 2.24) is 9.80 Å². The number of hydrogen-bond donors (Lipinski definition) is 0. The van der Waals surface area contributed by atoms with E-state index in [1.165, 1.54) is 11.1 Å². The van der Waals surface area contributed by atoms with E-state index in [2.05, 4.69) is 21.9 Å². The predicted octanol–water partition coefficient (Wildman–Crippen LogP) is 3.40. The molecule has 2 aliphatic rings. The van der Waals surface area contributed by atoms with Gasteiger partial charge in [-0.25, -0.2) is 0 Å². The van der Waals surface area contributed by atoms with Crippen LogP contribution in [0.2, 0.25) is 5.02 Å². The van der Waals surface area contributed by atoms with E-state index in [1.54, 1.807) is 7.11 Å². The molecule has 0 radical (unpaired) electrons.